The lowest BCUT2D eigenvalue weighted by Gasteiger charge is -2.12. The van der Waals surface area contributed by atoms with Gasteiger partial charge < -0.3 is 9.79 Å². The number of rotatable bonds is 3. The topological polar surface area (TPSA) is 57.5 Å². The van der Waals surface area contributed by atoms with Gasteiger partial charge in [-0.2, -0.15) is 0 Å². The number of alkyl halides is 2. The van der Waals surface area contributed by atoms with Crippen LogP contribution in [0.1, 0.15) is 13.3 Å². The average Bonchev–Trinajstić information content (AvgIpc) is 1.60. The summed E-state index contributed by atoms with van der Waals surface area (Å²) < 4.78 is 10.4. The molecule has 0 rings (SSSR count). The van der Waals surface area contributed by atoms with Gasteiger partial charge in [0.05, 0.1) is 5.66 Å². The number of hydrogen-bond acceptors (Lipinski definition) is 1. The van der Waals surface area contributed by atoms with E-state index in [1.807, 2.05) is 0 Å². The van der Waals surface area contributed by atoms with Gasteiger partial charge in [-0.3, -0.25) is 4.57 Å². The molecule has 1 atom stereocenters. The van der Waals surface area contributed by atoms with E-state index in [4.69, 9.17) is 33.0 Å². The Bertz CT molecular complexity index is 143. The number of hydrogen-bond donors (Lipinski definition) is 2. The minimum atomic E-state index is -3.98. The Morgan fingerprint density at radius 2 is 1.90 bits per heavy atom. The standard InChI is InChI=1S/C4H9Cl2O3P/c1-3(2-4(5)6)10(7,8)9/h3-4H,2H2,1H3,(H2,7,8,9). The monoisotopic (exact) mass is 206 g/mol. The van der Waals surface area contributed by atoms with Crippen molar-refractivity contribution in [3.63, 3.8) is 0 Å². The van der Waals surface area contributed by atoms with Crippen LogP contribution in [0.5, 0.6) is 0 Å². The van der Waals surface area contributed by atoms with E-state index in [1.165, 1.54) is 6.92 Å². The zero-order valence-electron chi connectivity index (χ0n) is 5.37. The molecule has 0 aromatic heterocycles. The Balaban J connectivity index is 3.86. The summed E-state index contributed by atoms with van der Waals surface area (Å²) in [5.41, 5.74) is -0.757. The molecule has 0 fully saturated rings. The highest BCUT2D eigenvalue weighted by molar-refractivity contribution is 7.52. The lowest BCUT2D eigenvalue weighted by atomic mass is 10.4. The molecule has 0 bridgehead atoms. The van der Waals surface area contributed by atoms with Gasteiger partial charge in [0, 0.05) is 0 Å². The summed E-state index contributed by atoms with van der Waals surface area (Å²) in [5, 5.41) is 0. The molecule has 2 N–H and O–H groups in total. The number of halogens is 2. The first kappa shape index (κ1) is 10.7. The van der Waals surface area contributed by atoms with Gasteiger partial charge in [-0.15, -0.1) is 23.2 Å². The zero-order valence-corrected chi connectivity index (χ0v) is 7.77. The molecule has 1 unspecified atom stereocenters. The Hall–Kier alpha value is 0.730. The van der Waals surface area contributed by atoms with Crippen LogP contribution >= 0.6 is 30.8 Å². The van der Waals surface area contributed by atoms with E-state index in [1.54, 1.807) is 0 Å². The maximum atomic E-state index is 10.4. The van der Waals surface area contributed by atoms with Crippen molar-refractivity contribution >= 4 is 30.8 Å². The second-order valence-corrected chi connectivity index (χ2v) is 5.40. The van der Waals surface area contributed by atoms with Gasteiger partial charge in [0.2, 0.25) is 0 Å². The van der Waals surface area contributed by atoms with Gasteiger partial charge in [0.1, 0.15) is 4.84 Å². The van der Waals surface area contributed by atoms with Crippen LogP contribution < -0.4 is 0 Å². The summed E-state index contributed by atoms with van der Waals surface area (Å²) in [6.45, 7) is 1.42. The van der Waals surface area contributed by atoms with Crippen LogP contribution in [0.25, 0.3) is 0 Å². The van der Waals surface area contributed by atoms with Gasteiger partial charge in [-0.1, -0.05) is 6.92 Å². The van der Waals surface area contributed by atoms with Crippen molar-refractivity contribution in [1.82, 2.24) is 0 Å². The molecule has 0 aromatic rings. The minimum Gasteiger partial charge on any atom is -0.324 e. The second-order valence-electron chi connectivity index (χ2n) is 2.06. The molecule has 10 heavy (non-hydrogen) atoms. The largest absolute Gasteiger partial charge is 0.328 e. The molecule has 0 aliphatic rings. The van der Waals surface area contributed by atoms with E-state index in [2.05, 4.69) is 0 Å². The molecule has 0 amide bonds. The zero-order chi connectivity index (χ0) is 8.36. The predicted octanol–water partition coefficient (Wildman–Crippen LogP) is 1.75. The van der Waals surface area contributed by atoms with Crippen LogP contribution in [0, 0.1) is 0 Å². The first-order valence-corrected chi connectivity index (χ1v) is 5.23. The van der Waals surface area contributed by atoms with Crippen LogP contribution in [0.4, 0.5) is 0 Å². The lowest BCUT2D eigenvalue weighted by Crippen LogP contribution is -2.06. The molecule has 0 aliphatic heterocycles. The van der Waals surface area contributed by atoms with Crippen LogP contribution in [-0.2, 0) is 4.57 Å². The molecule has 0 saturated heterocycles. The normalized spacial score (nSPS) is 15.8. The van der Waals surface area contributed by atoms with Gasteiger partial charge in [-0.25, -0.2) is 0 Å². The van der Waals surface area contributed by atoms with Gasteiger partial charge >= 0.3 is 7.60 Å². The van der Waals surface area contributed by atoms with Crippen LogP contribution in [0.3, 0.4) is 0 Å². The summed E-state index contributed by atoms with van der Waals surface area (Å²) >= 11 is 10.6. The van der Waals surface area contributed by atoms with Crippen LogP contribution in [-0.4, -0.2) is 20.3 Å². The smallest absolute Gasteiger partial charge is 0.324 e. The molecule has 0 aliphatic carbocycles. The maximum Gasteiger partial charge on any atom is 0.328 e. The third-order valence-electron chi connectivity index (χ3n) is 1.09. The van der Waals surface area contributed by atoms with E-state index in [9.17, 15) is 4.57 Å². The molecule has 0 radical (unpaired) electrons. The SMILES string of the molecule is CC(CC(Cl)Cl)P(=O)(O)O. The molecule has 0 saturated carbocycles. The molecule has 3 nitrogen and oxygen atoms in total. The molecule has 6 heteroatoms. The predicted molar refractivity (Wildman–Crippen MR) is 41.6 cm³/mol. The van der Waals surface area contributed by atoms with Crippen LogP contribution in [0.15, 0.2) is 0 Å². The first-order chi connectivity index (χ1) is 4.34. The Kier molecular flexibility index (Phi) is 4.22. The molecule has 0 heterocycles. The van der Waals surface area contributed by atoms with Crippen molar-refractivity contribution in [3.8, 4) is 0 Å². The fourth-order valence-corrected chi connectivity index (χ4v) is 1.66. The maximum absolute atomic E-state index is 10.4. The van der Waals surface area contributed by atoms with Gasteiger partial charge in [-0.05, 0) is 6.42 Å². The van der Waals surface area contributed by atoms with Crippen molar-refractivity contribution in [1.29, 1.82) is 0 Å². The third-order valence-corrected chi connectivity index (χ3v) is 2.81. The Labute approximate surface area is 69.5 Å². The highest BCUT2D eigenvalue weighted by atomic mass is 35.5. The summed E-state index contributed by atoms with van der Waals surface area (Å²) in [6, 6.07) is 0. The van der Waals surface area contributed by atoms with E-state index in [0.29, 0.717) is 0 Å². The van der Waals surface area contributed by atoms with E-state index >= 15 is 0 Å². The highest BCUT2D eigenvalue weighted by Gasteiger charge is 2.25. The highest BCUT2D eigenvalue weighted by Crippen LogP contribution is 2.43. The molecular weight excluding hydrogens is 198 g/mol. The van der Waals surface area contributed by atoms with Crippen molar-refractivity contribution in [2.75, 3.05) is 0 Å². The summed E-state index contributed by atoms with van der Waals surface area (Å²) in [7, 11) is -3.98. The van der Waals surface area contributed by atoms with Gasteiger partial charge in [0.15, 0.2) is 0 Å². The summed E-state index contributed by atoms with van der Waals surface area (Å²) in [6.07, 6.45) is 0.118. The summed E-state index contributed by atoms with van der Waals surface area (Å²) in [4.78, 5) is 16.4. The van der Waals surface area contributed by atoms with E-state index in [0.717, 1.165) is 0 Å². The first-order valence-electron chi connectivity index (χ1n) is 2.67. The Morgan fingerprint density at radius 1 is 1.50 bits per heavy atom. The fraction of sp³-hybridized carbons (Fsp3) is 1.00. The Morgan fingerprint density at radius 3 is 2.00 bits per heavy atom. The van der Waals surface area contributed by atoms with Crippen LogP contribution in [0.2, 0.25) is 0 Å². The summed E-state index contributed by atoms with van der Waals surface area (Å²) in [5.74, 6) is 0. The molecular formula is C4H9Cl2O3P. The second kappa shape index (κ2) is 3.93. The fourth-order valence-electron chi connectivity index (χ4n) is 0.395. The van der Waals surface area contributed by atoms with E-state index in [-0.39, 0.29) is 6.42 Å². The lowest BCUT2D eigenvalue weighted by molar-refractivity contribution is 0.358. The minimum absolute atomic E-state index is 0.118. The third kappa shape index (κ3) is 4.53. The molecule has 62 valence electrons. The van der Waals surface area contributed by atoms with E-state index < -0.39 is 18.1 Å². The molecule has 0 aromatic carbocycles. The van der Waals surface area contributed by atoms with Gasteiger partial charge in [0.25, 0.3) is 0 Å². The van der Waals surface area contributed by atoms with Crippen molar-refractivity contribution < 1.29 is 14.4 Å². The van der Waals surface area contributed by atoms with Crippen molar-refractivity contribution in [2.45, 2.75) is 23.8 Å². The average molecular weight is 207 g/mol. The van der Waals surface area contributed by atoms with Crippen molar-refractivity contribution in [2.24, 2.45) is 0 Å². The molecule has 0 spiro atoms. The van der Waals surface area contributed by atoms with Crippen molar-refractivity contribution in [3.05, 3.63) is 0 Å². The quantitative estimate of drug-likeness (QED) is 0.547.